The standard InChI is InChI=1S/C20H15N3OS2/c1-25-16-10-7-15(8-11-16)13-17-19(24)23-20(26-17)21-18(22-23)12-9-14-5-3-2-4-6-14/h2-13H,1H3/b12-9+,17-13+. The second-order valence-electron chi connectivity index (χ2n) is 5.60. The van der Waals surface area contributed by atoms with Crippen LogP contribution in [0, 0.1) is 0 Å². The van der Waals surface area contributed by atoms with Gasteiger partial charge >= 0.3 is 0 Å². The number of rotatable bonds is 4. The first kappa shape index (κ1) is 16.8. The fourth-order valence-corrected chi connectivity index (χ4v) is 3.83. The summed E-state index contributed by atoms with van der Waals surface area (Å²) in [6.07, 6.45) is 7.68. The molecular formula is C20H15N3OS2. The van der Waals surface area contributed by atoms with Gasteiger partial charge in [0, 0.05) is 4.90 Å². The predicted octanol–water partition coefficient (Wildman–Crippen LogP) is 3.59. The van der Waals surface area contributed by atoms with E-state index in [9.17, 15) is 4.79 Å². The van der Waals surface area contributed by atoms with Crippen LogP contribution in [0.25, 0.3) is 23.2 Å². The van der Waals surface area contributed by atoms with Crippen molar-refractivity contribution < 1.29 is 0 Å². The number of fused-ring (bicyclic) bond motifs is 1. The van der Waals surface area contributed by atoms with Crippen LogP contribution in [0.15, 0.2) is 64.3 Å². The van der Waals surface area contributed by atoms with E-state index >= 15 is 0 Å². The van der Waals surface area contributed by atoms with Gasteiger partial charge < -0.3 is 0 Å². The first-order valence-electron chi connectivity index (χ1n) is 8.01. The lowest BCUT2D eigenvalue weighted by atomic mass is 10.2. The molecule has 4 nitrogen and oxygen atoms in total. The van der Waals surface area contributed by atoms with Crippen molar-refractivity contribution >= 4 is 46.3 Å². The van der Waals surface area contributed by atoms with Gasteiger partial charge in [0.1, 0.15) is 0 Å². The lowest BCUT2D eigenvalue weighted by molar-refractivity contribution is 0.925. The second kappa shape index (κ2) is 7.27. The summed E-state index contributed by atoms with van der Waals surface area (Å²) in [4.78, 5) is 18.8. The van der Waals surface area contributed by atoms with Crippen LogP contribution >= 0.6 is 23.1 Å². The molecule has 0 saturated heterocycles. The Bertz CT molecular complexity index is 1180. The van der Waals surface area contributed by atoms with Gasteiger partial charge in [0.2, 0.25) is 4.96 Å². The SMILES string of the molecule is CSc1ccc(/C=c2/sc3nc(/C=C/c4ccccc4)nn3c2=O)cc1. The van der Waals surface area contributed by atoms with Gasteiger partial charge in [0.15, 0.2) is 5.82 Å². The van der Waals surface area contributed by atoms with Crippen LogP contribution in [-0.2, 0) is 0 Å². The third-order valence-electron chi connectivity index (χ3n) is 3.84. The van der Waals surface area contributed by atoms with Gasteiger partial charge in [-0.1, -0.05) is 59.9 Å². The minimum absolute atomic E-state index is 0.134. The number of benzene rings is 2. The van der Waals surface area contributed by atoms with Crippen LogP contribution in [0.3, 0.4) is 0 Å². The zero-order valence-electron chi connectivity index (χ0n) is 14.0. The van der Waals surface area contributed by atoms with Gasteiger partial charge in [-0.3, -0.25) is 4.79 Å². The third-order valence-corrected chi connectivity index (χ3v) is 5.54. The Morgan fingerprint density at radius 1 is 1.00 bits per heavy atom. The summed E-state index contributed by atoms with van der Waals surface area (Å²) in [6.45, 7) is 0. The third kappa shape index (κ3) is 3.47. The van der Waals surface area contributed by atoms with Crippen LogP contribution < -0.4 is 10.1 Å². The van der Waals surface area contributed by atoms with E-state index in [1.807, 2.05) is 79.1 Å². The molecular weight excluding hydrogens is 362 g/mol. The highest BCUT2D eigenvalue weighted by Crippen LogP contribution is 2.15. The van der Waals surface area contributed by atoms with Crippen LogP contribution in [0.5, 0.6) is 0 Å². The highest BCUT2D eigenvalue weighted by molar-refractivity contribution is 7.98. The largest absolute Gasteiger partial charge is 0.291 e. The van der Waals surface area contributed by atoms with Crippen molar-refractivity contribution in [2.45, 2.75) is 4.90 Å². The molecule has 0 aliphatic heterocycles. The number of hydrogen-bond donors (Lipinski definition) is 0. The maximum Gasteiger partial charge on any atom is 0.291 e. The molecule has 4 rings (SSSR count). The van der Waals surface area contributed by atoms with Crippen molar-refractivity contribution in [1.82, 2.24) is 14.6 Å². The van der Waals surface area contributed by atoms with Crippen molar-refractivity contribution in [3.63, 3.8) is 0 Å². The Labute approximate surface area is 158 Å². The fraction of sp³-hybridized carbons (Fsp3) is 0.0500. The zero-order chi connectivity index (χ0) is 17.9. The molecule has 0 spiro atoms. The van der Waals surface area contributed by atoms with E-state index in [0.29, 0.717) is 15.3 Å². The van der Waals surface area contributed by atoms with Crippen LogP contribution in [0.1, 0.15) is 17.0 Å². The summed E-state index contributed by atoms with van der Waals surface area (Å²) in [5.41, 5.74) is 1.93. The van der Waals surface area contributed by atoms with E-state index < -0.39 is 0 Å². The molecule has 0 bridgehead atoms. The van der Waals surface area contributed by atoms with E-state index in [1.54, 1.807) is 11.8 Å². The molecule has 0 fully saturated rings. The van der Waals surface area contributed by atoms with Crippen molar-refractivity contribution in [1.29, 1.82) is 0 Å². The highest BCUT2D eigenvalue weighted by atomic mass is 32.2. The molecule has 0 N–H and O–H groups in total. The number of nitrogens with zero attached hydrogens (tertiary/aromatic N) is 3. The predicted molar refractivity (Wildman–Crippen MR) is 110 cm³/mol. The van der Waals surface area contributed by atoms with Gasteiger partial charge in [0.05, 0.1) is 4.53 Å². The molecule has 0 amide bonds. The lowest BCUT2D eigenvalue weighted by Gasteiger charge is -1.95. The maximum absolute atomic E-state index is 12.6. The minimum atomic E-state index is -0.134. The number of thioether (sulfide) groups is 1. The summed E-state index contributed by atoms with van der Waals surface area (Å²) < 4.78 is 2.01. The molecule has 0 aliphatic rings. The van der Waals surface area contributed by atoms with E-state index in [0.717, 1.165) is 11.1 Å². The molecule has 0 unspecified atom stereocenters. The van der Waals surface area contributed by atoms with Gasteiger partial charge in [-0.05, 0) is 41.7 Å². The van der Waals surface area contributed by atoms with Crippen molar-refractivity contribution in [2.75, 3.05) is 6.26 Å². The van der Waals surface area contributed by atoms with Gasteiger partial charge in [-0.25, -0.2) is 0 Å². The van der Waals surface area contributed by atoms with E-state index in [2.05, 4.69) is 10.1 Å². The quantitative estimate of drug-likeness (QED) is 0.510. The number of thiazole rings is 1. The first-order valence-corrected chi connectivity index (χ1v) is 10.1. The van der Waals surface area contributed by atoms with Crippen molar-refractivity contribution in [3.8, 4) is 0 Å². The Kier molecular flexibility index (Phi) is 4.69. The summed E-state index contributed by atoms with van der Waals surface area (Å²) in [7, 11) is 0. The summed E-state index contributed by atoms with van der Waals surface area (Å²) in [5.74, 6) is 0.535. The second-order valence-corrected chi connectivity index (χ2v) is 7.49. The molecule has 2 aromatic heterocycles. The zero-order valence-corrected chi connectivity index (χ0v) is 15.6. The monoisotopic (exact) mass is 377 g/mol. The normalized spacial score (nSPS) is 12.4. The molecule has 0 saturated carbocycles. The van der Waals surface area contributed by atoms with Crippen LogP contribution in [0.2, 0.25) is 0 Å². The molecule has 0 radical (unpaired) electrons. The number of hydrogen-bond acceptors (Lipinski definition) is 5. The fourth-order valence-electron chi connectivity index (χ4n) is 2.51. The smallest absolute Gasteiger partial charge is 0.266 e. The van der Waals surface area contributed by atoms with Gasteiger partial charge in [0.25, 0.3) is 5.56 Å². The average Bonchev–Trinajstić information content (AvgIpc) is 3.21. The molecule has 2 aromatic carbocycles. The molecule has 128 valence electrons. The Morgan fingerprint density at radius 3 is 2.46 bits per heavy atom. The minimum Gasteiger partial charge on any atom is -0.266 e. The highest BCUT2D eigenvalue weighted by Gasteiger charge is 2.08. The maximum atomic E-state index is 12.6. The molecule has 0 atom stereocenters. The molecule has 2 heterocycles. The van der Waals surface area contributed by atoms with Gasteiger partial charge in [-0.2, -0.15) is 9.50 Å². The summed E-state index contributed by atoms with van der Waals surface area (Å²) >= 11 is 3.05. The van der Waals surface area contributed by atoms with Crippen LogP contribution in [0.4, 0.5) is 0 Å². The van der Waals surface area contributed by atoms with E-state index in [-0.39, 0.29) is 5.56 Å². The topological polar surface area (TPSA) is 47.3 Å². The molecule has 6 heteroatoms. The van der Waals surface area contributed by atoms with Crippen molar-refractivity contribution in [3.05, 3.63) is 86.4 Å². The molecule has 4 aromatic rings. The Hall–Kier alpha value is -2.70. The van der Waals surface area contributed by atoms with Crippen LogP contribution in [-0.4, -0.2) is 20.9 Å². The molecule has 26 heavy (non-hydrogen) atoms. The summed E-state index contributed by atoms with van der Waals surface area (Å²) in [6, 6.07) is 18.0. The first-order chi connectivity index (χ1) is 12.7. The number of aromatic nitrogens is 3. The summed E-state index contributed by atoms with van der Waals surface area (Å²) in [5, 5.41) is 4.31. The molecule has 0 aliphatic carbocycles. The Balaban J connectivity index is 1.66. The van der Waals surface area contributed by atoms with E-state index in [1.165, 1.54) is 20.7 Å². The van der Waals surface area contributed by atoms with E-state index in [4.69, 9.17) is 0 Å². The lowest BCUT2D eigenvalue weighted by Crippen LogP contribution is -2.23. The Morgan fingerprint density at radius 2 is 1.77 bits per heavy atom. The van der Waals surface area contributed by atoms with Gasteiger partial charge in [-0.15, -0.1) is 16.9 Å². The van der Waals surface area contributed by atoms with Crippen molar-refractivity contribution in [2.24, 2.45) is 0 Å². The average molecular weight is 377 g/mol.